The van der Waals surface area contributed by atoms with Crippen LogP contribution in [-0.2, 0) is 9.59 Å². The molecule has 1 N–H and O–H groups in total. The Balaban J connectivity index is 1.62. The van der Waals surface area contributed by atoms with Gasteiger partial charge in [-0.05, 0) is 48.7 Å². The zero-order valence-corrected chi connectivity index (χ0v) is 16.1. The zero-order chi connectivity index (χ0) is 20.4. The lowest BCUT2D eigenvalue weighted by atomic mass is 10.1. The number of amides is 4. The van der Waals surface area contributed by atoms with Crippen molar-refractivity contribution in [1.29, 1.82) is 0 Å². The third-order valence-corrected chi connectivity index (χ3v) is 5.09. The molecule has 0 bridgehead atoms. The summed E-state index contributed by atoms with van der Waals surface area (Å²) in [5, 5.41) is 2.23. The Hall–Kier alpha value is -3.61. The van der Waals surface area contributed by atoms with Crippen LogP contribution in [0.2, 0.25) is 0 Å². The molecule has 0 aliphatic carbocycles. The Morgan fingerprint density at radius 1 is 0.966 bits per heavy atom. The molecule has 0 saturated carbocycles. The van der Waals surface area contributed by atoms with Crippen molar-refractivity contribution in [1.82, 2.24) is 5.32 Å². The molecule has 148 valence electrons. The maximum absolute atomic E-state index is 13.0. The van der Waals surface area contributed by atoms with Crippen LogP contribution < -0.4 is 19.9 Å². The second-order valence-electron chi connectivity index (χ2n) is 6.95. The molecule has 29 heavy (non-hydrogen) atoms. The molecular weight excluding hydrogens is 370 g/mol. The van der Waals surface area contributed by atoms with Crippen LogP contribution >= 0.6 is 0 Å². The maximum Gasteiger partial charge on any atom is 0.335 e. The minimum Gasteiger partial charge on any atom is -0.497 e. The topological polar surface area (TPSA) is 79.0 Å². The summed E-state index contributed by atoms with van der Waals surface area (Å²) in [6.45, 7) is 2.08. The number of imide groups is 2. The predicted octanol–water partition coefficient (Wildman–Crippen LogP) is 2.96. The van der Waals surface area contributed by atoms with Crippen molar-refractivity contribution in [2.24, 2.45) is 0 Å². The average Bonchev–Trinajstić information content (AvgIpc) is 3.26. The fourth-order valence-electron chi connectivity index (χ4n) is 3.56. The van der Waals surface area contributed by atoms with Gasteiger partial charge in [-0.15, -0.1) is 0 Å². The van der Waals surface area contributed by atoms with E-state index in [0.717, 1.165) is 23.7 Å². The Bertz CT molecular complexity index is 991. The van der Waals surface area contributed by atoms with E-state index >= 15 is 0 Å². The number of ether oxygens (including phenoxy) is 1. The summed E-state index contributed by atoms with van der Waals surface area (Å²) >= 11 is 0. The van der Waals surface area contributed by atoms with Gasteiger partial charge in [0.05, 0.1) is 12.8 Å². The van der Waals surface area contributed by atoms with E-state index in [1.807, 2.05) is 24.3 Å². The average molecular weight is 391 g/mol. The van der Waals surface area contributed by atoms with Crippen molar-refractivity contribution in [3.05, 3.63) is 59.7 Å². The highest BCUT2D eigenvalue weighted by molar-refractivity contribution is 6.39. The second kappa shape index (κ2) is 7.79. The largest absolute Gasteiger partial charge is 0.497 e. The molecule has 4 amide bonds. The minimum atomic E-state index is -0.783. The molecule has 2 aromatic rings. The summed E-state index contributed by atoms with van der Waals surface area (Å²) in [5.74, 6) is -0.874. The van der Waals surface area contributed by atoms with E-state index in [0.29, 0.717) is 17.0 Å². The van der Waals surface area contributed by atoms with Gasteiger partial charge >= 0.3 is 6.03 Å². The molecule has 7 nitrogen and oxygen atoms in total. The molecule has 2 aromatic carbocycles. The number of anilines is 2. The molecule has 2 aliphatic heterocycles. The maximum atomic E-state index is 13.0. The summed E-state index contributed by atoms with van der Waals surface area (Å²) in [5.41, 5.74) is 2.07. The van der Waals surface area contributed by atoms with Crippen molar-refractivity contribution in [3.63, 3.8) is 0 Å². The van der Waals surface area contributed by atoms with Gasteiger partial charge in [0.15, 0.2) is 0 Å². The fourth-order valence-corrected chi connectivity index (χ4v) is 3.56. The standard InChI is InChI=1S/C22H21N3O4/c1-29-18-6-4-5-17(14-18)25-21(27)19(20(26)23-22(25)28)13-15-7-9-16(10-8-15)24-11-2-3-12-24/h4-10,13-14H,2-3,11-12H2,1H3,(H,23,26,28)/b19-13-. The molecular formula is C22H21N3O4. The Kier molecular flexibility index (Phi) is 5.03. The number of hydrogen-bond donors (Lipinski definition) is 1. The van der Waals surface area contributed by atoms with Crippen LogP contribution in [0.4, 0.5) is 16.2 Å². The monoisotopic (exact) mass is 391 g/mol. The molecule has 2 aliphatic rings. The SMILES string of the molecule is COc1cccc(N2C(=O)NC(=O)/C(=C/c3ccc(N4CCCC4)cc3)C2=O)c1. The van der Waals surface area contributed by atoms with Gasteiger partial charge in [0.1, 0.15) is 11.3 Å². The summed E-state index contributed by atoms with van der Waals surface area (Å²) in [7, 11) is 1.50. The Morgan fingerprint density at radius 3 is 2.38 bits per heavy atom. The van der Waals surface area contributed by atoms with Crippen molar-refractivity contribution in [2.75, 3.05) is 30.0 Å². The lowest BCUT2D eigenvalue weighted by Crippen LogP contribution is -2.54. The first-order chi connectivity index (χ1) is 14.1. The first-order valence-corrected chi connectivity index (χ1v) is 9.47. The van der Waals surface area contributed by atoms with Gasteiger partial charge in [-0.1, -0.05) is 18.2 Å². The summed E-state index contributed by atoms with van der Waals surface area (Å²) in [4.78, 5) is 40.8. The molecule has 0 spiro atoms. The van der Waals surface area contributed by atoms with E-state index in [9.17, 15) is 14.4 Å². The van der Waals surface area contributed by atoms with E-state index < -0.39 is 17.8 Å². The highest BCUT2D eigenvalue weighted by atomic mass is 16.5. The van der Waals surface area contributed by atoms with Crippen LogP contribution in [0.1, 0.15) is 18.4 Å². The third-order valence-electron chi connectivity index (χ3n) is 5.09. The van der Waals surface area contributed by atoms with Gasteiger partial charge in [-0.3, -0.25) is 14.9 Å². The molecule has 2 heterocycles. The Labute approximate surface area is 168 Å². The van der Waals surface area contributed by atoms with Crippen molar-refractivity contribution < 1.29 is 19.1 Å². The second-order valence-corrected chi connectivity index (χ2v) is 6.95. The molecule has 0 aromatic heterocycles. The molecule has 2 fully saturated rings. The van der Waals surface area contributed by atoms with Gasteiger partial charge < -0.3 is 9.64 Å². The number of rotatable bonds is 4. The molecule has 0 atom stereocenters. The van der Waals surface area contributed by atoms with Crippen LogP contribution in [0.25, 0.3) is 6.08 Å². The first kappa shape index (κ1) is 18.7. The normalized spacial score (nSPS) is 18.4. The van der Waals surface area contributed by atoms with E-state index in [1.165, 1.54) is 26.0 Å². The summed E-state index contributed by atoms with van der Waals surface area (Å²) in [6.07, 6.45) is 3.88. The van der Waals surface area contributed by atoms with Gasteiger partial charge in [0, 0.05) is 24.8 Å². The van der Waals surface area contributed by atoms with Crippen molar-refractivity contribution in [3.8, 4) is 5.75 Å². The smallest absolute Gasteiger partial charge is 0.335 e. The Morgan fingerprint density at radius 2 is 1.69 bits per heavy atom. The molecule has 0 radical (unpaired) electrons. The van der Waals surface area contributed by atoms with Crippen LogP contribution in [-0.4, -0.2) is 38.0 Å². The van der Waals surface area contributed by atoms with E-state index in [4.69, 9.17) is 4.74 Å². The lowest BCUT2D eigenvalue weighted by molar-refractivity contribution is -0.122. The van der Waals surface area contributed by atoms with E-state index in [2.05, 4.69) is 10.2 Å². The van der Waals surface area contributed by atoms with Crippen LogP contribution in [0.15, 0.2) is 54.1 Å². The number of barbiturate groups is 1. The third kappa shape index (κ3) is 3.71. The highest BCUT2D eigenvalue weighted by Crippen LogP contribution is 2.26. The number of carbonyl (C=O) groups excluding carboxylic acids is 3. The number of methoxy groups -OCH3 is 1. The highest BCUT2D eigenvalue weighted by Gasteiger charge is 2.36. The fraction of sp³-hybridized carbons (Fsp3) is 0.227. The van der Waals surface area contributed by atoms with Crippen molar-refractivity contribution in [2.45, 2.75) is 12.8 Å². The molecule has 0 unspecified atom stereocenters. The van der Waals surface area contributed by atoms with Crippen LogP contribution in [0, 0.1) is 0 Å². The quantitative estimate of drug-likeness (QED) is 0.640. The van der Waals surface area contributed by atoms with E-state index in [1.54, 1.807) is 24.3 Å². The van der Waals surface area contributed by atoms with Gasteiger partial charge in [0.2, 0.25) is 0 Å². The summed E-state index contributed by atoms with van der Waals surface area (Å²) < 4.78 is 5.16. The summed E-state index contributed by atoms with van der Waals surface area (Å²) in [6, 6.07) is 13.5. The molecule has 7 heteroatoms. The van der Waals surface area contributed by atoms with Gasteiger partial charge in [0.25, 0.3) is 11.8 Å². The zero-order valence-electron chi connectivity index (χ0n) is 16.1. The van der Waals surface area contributed by atoms with Gasteiger partial charge in [-0.25, -0.2) is 9.69 Å². The molecule has 2 saturated heterocycles. The molecule has 4 rings (SSSR count). The number of nitrogens with zero attached hydrogens (tertiary/aromatic N) is 2. The predicted molar refractivity (Wildman–Crippen MR) is 110 cm³/mol. The van der Waals surface area contributed by atoms with Crippen LogP contribution in [0.3, 0.4) is 0 Å². The first-order valence-electron chi connectivity index (χ1n) is 9.47. The van der Waals surface area contributed by atoms with Gasteiger partial charge in [-0.2, -0.15) is 0 Å². The van der Waals surface area contributed by atoms with Crippen molar-refractivity contribution >= 4 is 35.3 Å². The lowest BCUT2D eigenvalue weighted by Gasteiger charge is -2.26. The number of benzene rings is 2. The number of urea groups is 1. The van der Waals surface area contributed by atoms with Crippen LogP contribution in [0.5, 0.6) is 5.75 Å². The minimum absolute atomic E-state index is 0.0960. The number of carbonyl (C=O) groups is 3. The van der Waals surface area contributed by atoms with E-state index in [-0.39, 0.29) is 5.57 Å². The number of nitrogens with one attached hydrogen (secondary N) is 1. The number of hydrogen-bond acceptors (Lipinski definition) is 5.